The summed E-state index contributed by atoms with van der Waals surface area (Å²) in [6.07, 6.45) is 0.379. The van der Waals surface area contributed by atoms with Crippen molar-refractivity contribution >= 4 is 34.7 Å². The number of thioether (sulfide) groups is 1. The molecule has 20 heavy (non-hydrogen) atoms. The molecule has 0 saturated carbocycles. The second-order valence-electron chi connectivity index (χ2n) is 4.56. The molecular formula is C14H17N3OS2. The van der Waals surface area contributed by atoms with Crippen LogP contribution >= 0.6 is 23.1 Å². The van der Waals surface area contributed by atoms with E-state index in [0.717, 1.165) is 27.0 Å². The van der Waals surface area contributed by atoms with Gasteiger partial charge in [0.2, 0.25) is 5.91 Å². The first kappa shape index (κ1) is 14.9. The Kier molecular flexibility index (Phi) is 5.03. The number of nitrogens with zero attached hydrogens (tertiary/aromatic N) is 2. The number of likely N-dealkylation sites (N-methyl/N-ethyl adjacent to an activating group) is 1. The third-order valence-corrected chi connectivity index (χ3v) is 4.61. The van der Waals surface area contributed by atoms with Crippen LogP contribution in [0.25, 0.3) is 0 Å². The van der Waals surface area contributed by atoms with Crippen molar-refractivity contribution in [2.75, 3.05) is 19.8 Å². The van der Waals surface area contributed by atoms with Crippen LogP contribution < -0.4 is 5.73 Å². The Morgan fingerprint density at radius 1 is 1.35 bits per heavy atom. The van der Waals surface area contributed by atoms with Crippen LogP contribution in [0.1, 0.15) is 10.7 Å². The van der Waals surface area contributed by atoms with E-state index in [1.165, 1.54) is 0 Å². The van der Waals surface area contributed by atoms with Gasteiger partial charge in [0.25, 0.3) is 0 Å². The zero-order valence-corrected chi connectivity index (χ0v) is 13.1. The summed E-state index contributed by atoms with van der Waals surface area (Å²) in [7, 11) is 3.52. The van der Waals surface area contributed by atoms with Crippen LogP contribution in [0.2, 0.25) is 0 Å². The summed E-state index contributed by atoms with van der Waals surface area (Å²) in [5, 5.41) is 2.89. The smallest absolute Gasteiger partial charge is 0.228 e. The van der Waals surface area contributed by atoms with Crippen molar-refractivity contribution in [1.82, 2.24) is 9.88 Å². The highest BCUT2D eigenvalue weighted by atomic mass is 32.2. The Morgan fingerprint density at radius 3 is 2.70 bits per heavy atom. The number of hydrogen-bond acceptors (Lipinski definition) is 5. The average molecular weight is 307 g/mol. The molecule has 2 N–H and O–H groups in total. The first-order valence-corrected chi connectivity index (χ1v) is 8.03. The van der Waals surface area contributed by atoms with Crippen molar-refractivity contribution in [2.45, 2.75) is 17.1 Å². The van der Waals surface area contributed by atoms with E-state index in [-0.39, 0.29) is 5.91 Å². The lowest BCUT2D eigenvalue weighted by molar-refractivity contribution is -0.127. The third-order valence-electron chi connectivity index (χ3n) is 2.67. The Labute approximate surface area is 127 Å². The molecule has 2 aromatic rings. The molecular weight excluding hydrogens is 290 g/mol. The summed E-state index contributed by atoms with van der Waals surface area (Å²) < 4.78 is 0. The lowest BCUT2D eigenvalue weighted by atomic mass is 10.3. The molecule has 6 heteroatoms. The summed E-state index contributed by atoms with van der Waals surface area (Å²) in [5.41, 5.74) is 7.44. The summed E-state index contributed by atoms with van der Waals surface area (Å²) in [6.45, 7) is 0. The Morgan fingerprint density at radius 2 is 2.05 bits per heavy atom. The van der Waals surface area contributed by atoms with E-state index in [9.17, 15) is 4.79 Å². The number of nitrogen functional groups attached to an aromatic ring is 1. The lowest BCUT2D eigenvalue weighted by Gasteiger charge is -2.07. The van der Waals surface area contributed by atoms with Gasteiger partial charge in [-0.3, -0.25) is 4.79 Å². The second kappa shape index (κ2) is 6.76. The maximum absolute atomic E-state index is 11.6. The van der Waals surface area contributed by atoms with Crippen LogP contribution in [0.5, 0.6) is 0 Å². The van der Waals surface area contributed by atoms with E-state index in [4.69, 9.17) is 5.73 Å². The summed E-state index contributed by atoms with van der Waals surface area (Å²) >= 11 is 3.25. The number of nitrogens with two attached hydrogens (primary N) is 1. The minimum Gasteiger partial charge on any atom is -0.399 e. The average Bonchev–Trinajstić information content (AvgIpc) is 2.85. The SMILES string of the molecule is CN(C)C(=O)Cc1nc(CSc2ccc(N)cc2)cs1. The molecule has 1 aromatic carbocycles. The number of thiazole rings is 1. The number of carbonyl (C=O) groups excluding carboxylic acids is 1. The van der Waals surface area contributed by atoms with Crippen molar-refractivity contribution < 1.29 is 4.79 Å². The van der Waals surface area contributed by atoms with Crippen LogP contribution in [0.4, 0.5) is 5.69 Å². The second-order valence-corrected chi connectivity index (χ2v) is 6.55. The van der Waals surface area contributed by atoms with Crippen LogP contribution in [0.15, 0.2) is 34.5 Å². The highest BCUT2D eigenvalue weighted by molar-refractivity contribution is 7.98. The lowest BCUT2D eigenvalue weighted by Crippen LogP contribution is -2.23. The monoisotopic (exact) mass is 307 g/mol. The minimum absolute atomic E-state index is 0.0806. The van der Waals surface area contributed by atoms with Gasteiger partial charge in [-0.15, -0.1) is 23.1 Å². The summed E-state index contributed by atoms with van der Waals surface area (Å²) in [6, 6.07) is 7.79. The van der Waals surface area contributed by atoms with E-state index in [1.807, 2.05) is 29.6 Å². The van der Waals surface area contributed by atoms with E-state index < -0.39 is 0 Å². The molecule has 0 aliphatic carbocycles. The van der Waals surface area contributed by atoms with Crippen molar-refractivity contribution in [3.05, 3.63) is 40.3 Å². The van der Waals surface area contributed by atoms with Gasteiger partial charge in [0.1, 0.15) is 5.01 Å². The number of anilines is 1. The molecule has 1 aromatic heterocycles. The maximum Gasteiger partial charge on any atom is 0.228 e. The number of hydrogen-bond donors (Lipinski definition) is 1. The number of benzene rings is 1. The van der Waals surface area contributed by atoms with Gasteiger partial charge in [0, 0.05) is 35.8 Å². The van der Waals surface area contributed by atoms with Crippen LogP contribution in [-0.2, 0) is 17.0 Å². The van der Waals surface area contributed by atoms with Crippen LogP contribution in [0, 0.1) is 0 Å². The standard InChI is InChI=1S/C14H17N3OS2/c1-17(2)14(18)7-13-16-11(9-20-13)8-19-12-5-3-10(15)4-6-12/h3-6,9H,7-8,15H2,1-2H3. The summed E-state index contributed by atoms with van der Waals surface area (Å²) in [4.78, 5) is 18.9. The molecule has 0 aliphatic rings. The fourth-order valence-corrected chi connectivity index (χ4v) is 3.19. The van der Waals surface area contributed by atoms with Crippen LogP contribution in [-0.4, -0.2) is 29.9 Å². The molecule has 0 fully saturated rings. The topological polar surface area (TPSA) is 59.2 Å². The van der Waals surface area contributed by atoms with Gasteiger partial charge in [0.15, 0.2) is 0 Å². The van der Waals surface area contributed by atoms with Gasteiger partial charge in [-0.25, -0.2) is 4.98 Å². The number of carbonyl (C=O) groups is 1. The van der Waals surface area contributed by atoms with Crippen molar-refractivity contribution in [1.29, 1.82) is 0 Å². The predicted octanol–water partition coefficient (Wildman–Crippen LogP) is 2.65. The highest BCUT2D eigenvalue weighted by Crippen LogP contribution is 2.24. The molecule has 1 amide bonds. The zero-order chi connectivity index (χ0) is 14.5. The number of aromatic nitrogens is 1. The zero-order valence-electron chi connectivity index (χ0n) is 11.5. The normalized spacial score (nSPS) is 10.5. The van der Waals surface area contributed by atoms with Gasteiger partial charge < -0.3 is 10.6 Å². The Bertz CT molecular complexity index is 578. The quantitative estimate of drug-likeness (QED) is 0.681. The molecule has 0 aliphatic heterocycles. The van der Waals surface area contributed by atoms with Crippen molar-refractivity contribution in [3.63, 3.8) is 0 Å². The molecule has 1 heterocycles. The minimum atomic E-state index is 0.0806. The summed E-state index contributed by atoms with van der Waals surface area (Å²) in [5.74, 6) is 0.883. The molecule has 2 rings (SSSR count). The molecule has 0 bridgehead atoms. The molecule has 0 spiro atoms. The van der Waals surface area contributed by atoms with Gasteiger partial charge in [-0.1, -0.05) is 0 Å². The largest absolute Gasteiger partial charge is 0.399 e. The highest BCUT2D eigenvalue weighted by Gasteiger charge is 2.09. The van der Waals surface area contributed by atoms with Gasteiger partial charge in [-0.2, -0.15) is 0 Å². The molecule has 0 saturated heterocycles. The Balaban J connectivity index is 1.89. The van der Waals surface area contributed by atoms with Crippen molar-refractivity contribution in [3.8, 4) is 0 Å². The maximum atomic E-state index is 11.6. The van der Waals surface area contributed by atoms with E-state index >= 15 is 0 Å². The molecule has 4 nitrogen and oxygen atoms in total. The number of rotatable bonds is 5. The van der Waals surface area contributed by atoms with Gasteiger partial charge >= 0.3 is 0 Å². The molecule has 106 valence electrons. The fraction of sp³-hybridized carbons (Fsp3) is 0.286. The number of amides is 1. The third kappa shape index (κ3) is 4.25. The van der Waals surface area contributed by atoms with Gasteiger partial charge in [0.05, 0.1) is 12.1 Å². The van der Waals surface area contributed by atoms with E-state index in [2.05, 4.69) is 4.98 Å². The molecule has 0 unspecified atom stereocenters. The predicted molar refractivity (Wildman–Crippen MR) is 84.9 cm³/mol. The van der Waals surface area contributed by atoms with Gasteiger partial charge in [-0.05, 0) is 24.3 Å². The van der Waals surface area contributed by atoms with Crippen molar-refractivity contribution in [2.24, 2.45) is 0 Å². The fourth-order valence-electron chi connectivity index (χ4n) is 1.51. The van der Waals surface area contributed by atoms with Crippen LogP contribution in [0.3, 0.4) is 0 Å². The van der Waals surface area contributed by atoms with E-state index in [0.29, 0.717) is 6.42 Å². The van der Waals surface area contributed by atoms with E-state index in [1.54, 1.807) is 42.1 Å². The Hall–Kier alpha value is -1.53. The molecule has 0 radical (unpaired) electrons. The first-order chi connectivity index (χ1) is 9.54. The molecule has 0 atom stereocenters. The first-order valence-electron chi connectivity index (χ1n) is 6.16.